The predicted molar refractivity (Wildman–Crippen MR) is 72.2 cm³/mol. The molecule has 0 atom stereocenters. The van der Waals surface area contributed by atoms with Gasteiger partial charge in [0.2, 0.25) is 0 Å². The first-order chi connectivity index (χ1) is 9.49. The highest BCUT2D eigenvalue weighted by atomic mass is 19.1. The van der Waals surface area contributed by atoms with Gasteiger partial charge in [0.05, 0.1) is 23.3 Å². The zero-order valence-corrected chi connectivity index (χ0v) is 11.5. The quantitative estimate of drug-likeness (QED) is 0.437. The zero-order valence-electron chi connectivity index (χ0n) is 11.5. The molecule has 0 unspecified atom stereocenters. The van der Waals surface area contributed by atoms with Crippen LogP contribution >= 0.6 is 0 Å². The van der Waals surface area contributed by atoms with Crippen LogP contribution in [0, 0.1) is 15.9 Å². The molecule has 0 saturated heterocycles. The van der Waals surface area contributed by atoms with Crippen LogP contribution in [0.2, 0.25) is 0 Å². The van der Waals surface area contributed by atoms with E-state index in [0.29, 0.717) is 13.0 Å². The summed E-state index contributed by atoms with van der Waals surface area (Å²) in [5.41, 5.74) is -0.163. The van der Waals surface area contributed by atoms with Gasteiger partial charge in [-0.1, -0.05) is 6.92 Å². The highest BCUT2D eigenvalue weighted by Gasteiger charge is 2.18. The summed E-state index contributed by atoms with van der Waals surface area (Å²) in [7, 11) is 0. The highest BCUT2D eigenvalue weighted by Crippen LogP contribution is 2.24. The molecule has 0 heterocycles. The van der Waals surface area contributed by atoms with E-state index in [2.05, 4.69) is 0 Å². The molecular formula is C13H17FN2O4. The lowest BCUT2D eigenvalue weighted by Crippen LogP contribution is -2.32. The predicted octanol–water partition coefficient (Wildman–Crippen LogP) is 2.51. The number of rotatable bonds is 7. The van der Waals surface area contributed by atoms with E-state index in [1.54, 1.807) is 6.92 Å². The molecule has 0 aliphatic carbocycles. The Morgan fingerprint density at radius 3 is 2.65 bits per heavy atom. The largest absolute Gasteiger partial charge is 0.465 e. The molecule has 1 aromatic rings. The van der Waals surface area contributed by atoms with Crippen LogP contribution < -0.4 is 4.90 Å². The molecule has 0 fully saturated rings. The lowest BCUT2D eigenvalue weighted by atomic mass is 10.2. The van der Waals surface area contributed by atoms with Crippen LogP contribution in [0.3, 0.4) is 0 Å². The van der Waals surface area contributed by atoms with Crippen molar-refractivity contribution in [2.45, 2.75) is 20.3 Å². The van der Waals surface area contributed by atoms with E-state index in [0.717, 1.165) is 6.07 Å². The maximum Gasteiger partial charge on any atom is 0.325 e. The van der Waals surface area contributed by atoms with Crippen molar-refractivity contribution in [3.63, 3.8) is 0 Å². The molecule has 0 N–H and O–H groups in total. The standard InChI is InChI=1S/C13H17FN2O4/c1-3-7-15(9-13(17)20-4-2)12-6-5-10(16(18)19)8-11(12)14/h5-6,8H,3-4,7,9H2,1-2H3. The molecular weight excluding hydrogens is 267 g/mol. The smallest absolute Gasteiger partial charge is 0.325 e. The van der Waals surface area contributed by atoms with E-state index in [4.69, 9.17) is 4.74 Å². The van der Waals surface area contributed by atoms with Crippen molar-refractivity contribution in [1.82, 2.24) is 0 Å². The molecule has 0 aliphatic heterocycles. The van der Waals surface area contributed by atoms with Gasteiger partial charge in [0.15, 0.2) is 5.82 Å². The number of nitrogens with zero attached hydrogens (tertiary/aromatic N) is 2. The summed E-state index contributed by atoms with van der Waals surface area (Å²) in [6.07, 6.45) is 0.704. The Morgan fingerprint density at radius 2 is 2.15 bits per heavy atom. The Hall–Kier alpha value is -2.18. The van der Waals surface area contributed by atoms with Gasteiger partial charge in [0, 0.05) is 12.6 Å². The number of anilines is 1. The van der Waals surface area contributed by atoms with Crippen molar-refractivity contribution in [3.8, 4) is 0 Å². The van der Waals surface area contributed by atoms with Crippen molar-refractivity contribution in [1.29, 1.82) is 0 Å². The number of nitro groups is 1. The third-order valence-electron chi connectivity index (χ3n) is 2.60. The maximum absolute atomic E-state index is 13.9. The van der Waals surface area contributed by atoms with E-state index in [1.807, 2.05) is 6.92 Å². The second kappa shape index (κ2) is 7.42. The molecule has 1 aromatic carbocycles. The van der Waals surface area contributed by atoms with Crippen LogP contribution in [0.1, 0.15) is 20.3 Å². The number of hydrogen-bond acceptors (Lipinski definition) is 5. The molecule has 0 amide bonds. The van der Waals surface area contributed by atoms with Gasteiger partial charge in [-0.3, -0.25) is 14.9 Å². The Morgan fingerprint density at radius 1 is 1.45 bits per heavy atom. The maximum atomic E-state index is 13.9. The summed E-state index contributed by atoms with van der Waals surface area (Å²) in [5.74, 6) is -1.18. The fourth-order valence-corrected chi connectivity index (χ4v) is 1.78. The van der Waals surface area contributed by atoms with Crippen LogP contribution in [0.25, 0.3) is 0 Å². The number of halogens is 1. The van der Waals surface area contributed by atoms with E-state index in [9.17, 15) is 19.3 Å². The molecule has 0 saturated carbocycles. The van der Waals surface area contributed by atoms with Crippen molar-refractivity contribution in [2.75, 3.05) is 24.6 Å². The van der Waals surface area contributed by atoms with Gasteiger partial charge in [-0.2, -0.15) is 0 Å². The second-order valence-electron chi connectivity index (χ2n) is 4.12. The normalized spacial score (nSPS) is 10.2. The highest BCUT2D eigenvalue weighted by molar-refractivity contribution is 5.76. The third-order valence-corrected chi connectivity index (χ3v) is 2.60. The molecule has 110 valence electrons. The second-order valence-corrected chi connectivity index (χ2v) is 4.12. The lowest BCUT2D eigenvalue weighted by Gasteiger charge is -2.23. The molecule has 0 bridgehead atoms. The molecule has 0 aliphatic rings. The molecule has 6 nitrogen and oxygen atoms in total. The Balaban J connectivity index is 2.96. The first kappa shape index (κ1) is 15.9. The number of ether oxygens (including phenoxy) is 1. The lowest BCUT2D eigenvalue weighted by molar-refractivity contribution is -0.385. The topological polar surface area (TPSA) is 72.7 Å². The number of carbonyl (C=O) groups excluding carboxylic acids is 1. The number of nitro benzene ring substituents is 1. The monoisotopic (exact) mass is 284 g/mol. The SMILES string of the molecule is CCCN(CC(=O)OCC)c1ccc([N+](=O)[O-])cc1F. The number of esters is 1. The summed E-state index contributed by atoms with van der Waals surface area (Å²) < 4.78 is 18.8. The summed E-state index contributed by atoms with van der Waals surface area (Å²) in [4.78, 5) is 22.9. The van der Waals surface area contributed by atoms with Gasteiger partial charge < -0.3 is 9.64 Å². The van der Waals surface area contributed by atoms with E-state index < -0.39 is 16.7 Å². The van der Waals surface area contributed by atoms with Crippen LogP contribution in [0.4, 0.5) is 15.8 Å². The molecule has 0 radical (unpaired) electrons. The Bertz CT molecular complexity index is 493. The summed E-state index contributed by atoms with van der Waals surface area (Å²) in [6.45, 7) is 4.20. The minimum Gasteiger partial charge on any atom is -0.465 e. The first-order valence-corrected chi connectivity index (χ1v) is 6.34. The number of benzene rings is 1. The summed E-state index contributed by atoms with van der Waals surface area (Å²) in [6, 6.07) is 3.37. The molecule has 1 rings (SSSR count). The molecule has 0 spiro atoms. The summed E-state index contributed by atoms with van der Waals surface area (Å²) in [5, 5.41) is 10.6. The molecule has 7 heteroatoms. The van der Waals surface area contributed by atoms with Gasteiger partial charge in [0.25, 0.3) is 5.69 Å². The van der Waals surface area contributed by atoms with E-state index in [1.165, 1.54) is 17.0 Å². The van der Waals surface area contributed by atoms with Gasteiger partial charge in [-0.05, 0) is 19.4 Å². The van der Waals surface area contributed by atoms with Gasteiger partial charge in [0.1, 0.15) is 6.54 Å². The van der Waals surface area contributed by atoms with Crippen LogP contribution in [-0.2, 0) is 9.53 Å². The molecule has 20 heavy (non-hydrogen) atoms. The summed E-state index contributed by atoms with van der Waals surface area (Å²) >= 11 is 0. The van der Waals surface area contributed by atoms with E-state index in [-0.39, 0.29) is 24.5 Å². The Kier molecular flexibility index (Phi) is 5.89. The number of hydrogen-bond donors (Lipinski definition) is 0. The van der Waals surface area contributed by atoms with Gasteiger partial charge >= 0.3 is 5.97 Å². The van der Waals surface area contributed by atoms with Crippen LogP contribution in [0.5, 0.6) is 0 Å². The van der Waals surface area contributed by atoms with Gasteiger partial charge in [-0.15, -0.1) is 0 Å². The van der Waals surface area contributed by atoms with Crippen molar-refractivity contribution in [3.05, 3.63) is 34.1 Å². The third kappa shape index (κ3) is 4.18. The van der Waals surface area contributed by atoms with Crippen LogP contribution in [0.15, 0.2) is 18.2 Å². The average molecular weight is 284 g/mol. The Labute approximate surface area is 116 Å². The van der Waals surface area contributed by atoms with Crippen molar-refractivity contribution in [2.24, 2.45) is 0 Å². The van der Waals surface area contributed by atoms with Crippen LogP contribution in [-0.4, -0.2) is 30.6 Å². The fraction of sp³-hybridized carbons (Fsp3) is 0.462. The minimum atomic E-state index is -0.725. The van der Waals surface area contributed by atoms with E-state index >= 15 is 0 Å². The number of carbonyl (C=O) groups is 1. The minimum absolute atomic E-state index is 0.0869. The number of non-ortho nitro benzene ring substituents is 1. The van der Waals surface area contributed by atoms with Crippen molar-refractivity contribution < 1.29 is 18.8 Å². The fourth-order valence-electron chi connectivity index (χ4n) is 1.78. The molecule has 0 aromatic heterocycles. The average Bonchev–Trinajstić information content (AvgIpc) is 2.38. The van der Waals surface area contributed by atoms with Gasteiger partial charge in [-0.25, -0.2) is 4.39 Å². The first-order valence-electron chi connectivity index (χ1n) is 6.34. The van der Waals surface area contributed by atoms with Crippen molar-refractivity contribution >= 4 is 17.3 Å². The zero-order chi connectivity index (χ0) is 15.1.